The molecule has 1 aromatic rings. The normalized spacial score (nSPS) is 15.8. The van der Waals surface area contributed by atoms with Gasteiger partial charge in [-0.05, 0) is 56.1 Å². The maximum absolute atomic E-state index is 5.77. The lowest BCUT2D eigenvalue weighted by molar-refractivity contribution is 0.209. The molecule has 1 saturated heterocycles. The van der Waals surface area contributed by atoms with Gasteiger partial charge < -0.3 is 16.0 Å². The molecule has 3 N–H and O–H groups in total. The van der Waals surface area contributed by atoms with Crippen molar-refractivity contribution in [2.75, 3.05) is 42.1 Å². The van der Waals surface area contributed by atoms with E-state index in [0.717, 1.165) is 37.6 Å². The Morgan fingerprint density at radius 2 is 1.84 bits per heavy atom. The van der Waals surface area contributed by atoms with Gasteiger partial charge in [-0.3, -0.25) is 4.90 Å². The van der Waals surface area contributed by atoms with Crippen molar-refractivity contribution in [2.24, 2.45) is 10.7 Å². The first kappa shape index (κ1) is 22.2. The number of nitrogens with one attached hydrogen (secondary N) is 1. The van der Waals surface area contributed by atoms with E-state index in [-0.39, 0.29) is 9.90 Å². The lowest BCUT2D eigenvalue weighted by atomic mass is 10.2. The van der Waals surface area contributed by atoms with Gasteiger partial charge in [-0.15, -0.1) is 0 Å². The molecule has 1 aliphatic heterocycles. The number of anilines is 2. The van der Waals surface area contributed by atoms with Crippen molar-refractivity contribution >= 4 is 55.5 Å². The monoisotopic (exact) mass is 399 g/mol. The minimum Gasteiger partial charge on any atom is -0.378 e. The van der Waals surface area contributed by atoms with Gasteiger partial charge in [0.15, 0.2) is 10.3 Å². The van der Waals surface area contributed by atoms with Crippen LogP contribution in [0.25, 0.3) is 0 Å². The molecule has 0 spiro atoms. The minimum absolute atomic E-state index is 0. The average Bonchev–Trinajstić information content (AvgIpc) is 2.55. The first-order chi connectivity index (χ1) is 11.5. The van der Waals surface area contributed by atoms with E-state index in [9.17, 15) is 0 Å². The number of nitrogens with two attached hydrogens (primary N) is 1. The lowest BCUT2D eigenvalue weighted by Gasteiger charge is -2.38. The van der Waals surface area contributed by atoms with E-state index in [0.29, 0.717) is 16.3 Å². The number of piperazine rings is 1. The van der Waals surface area contributed by atoms with E-state index in [1.165, 1.54) is 17.4 Å². The number of nitrogens with zero attached hydrogens (tertiary/aromatic N) is 3. The molecule has 25 heavy (non-hydrogen) atoms. The van der Waals surface area contributed by atoms with Crippen LogP contribution in [0, 0.1) is 0 Å². The van der Waals surface area contributed by atoms with Crippen LogP contribution in [0.5, 0.6) is 0 Å². The summed E-state index contributed by atoms with van der Waals surface area (Å²) in [5.41, 5.74) is 7.95. The predicted octanol–water partition coefficient (Wildman–Crippen LogP) is 3.04. The zero-order chi connectivity index (χ0) is 17.5. The highest BCUT2D eigenvalue weighted by Crippen LogP contribution is 2.20. The molecule has 0 bridgehead atoms. The molecule has 5 nitrogen and oxygen atoms in total. The SMILES string of the molecule is CCSC(N)=NC(=S)Nc1ccc(N2CCN(C(C)C)CC2)cc1.P. The summed E-state index contributed by atoms with van der Waals surface area (Å²) >= 11 is 6.70. The van der Waals surface area contributed by atoms with Crippen LogP contribution in [0.3, 0.4) is 0 Å². The van der Waals surface area contributed by atoms with Gasteiger partial charge in [0.25, 0.3) is 0 Å². The van der Waals surface area contributed by atoms with Crippen LogP contribution in [0.15, 0.2) is 29.3 Å². The third-order valence-electron chi connectivity index (χ3n) is 4.03. The van der Waals surface area contributed by atoms with E-state index in [4.69, 9.17) is 18.0 Å². The molecule has 1 atom stereocenters. The van der Waals surface area contributed by atoms with Gasteiger partial charge >= 0.3 is 0 Å². The summed E-state index contributed by atoms with van der Waals surface area (Å²) in [5.74, 6) is 0.886. The molecule has 0 amide bonds. The maximum Gasteiger partial charge on any atom is 0.199 e. The van der Waals surface area contributed by atoms with Crippen molar-refractivity contribution in [2.45, 2.75) is 26.8 Å². The predicted molar refractivity (Wildman–Crippen MR) is 122 cm³/mol. The fourth-order valence-electron chi connectivity index (χ4n) is 2.68. The van der Waals surface area contributed by atoms with Crippen LogP contribution < -0.4 is 16.0 Å². The average molecular weight is 400 g/mol. The lowest BCUT2D eigenvalue weighted by Crippen LogP contribution is -2.48. The summed E-state index contributed by atoms with van der Waals surface area (Å²) in [5, 5.41) is 4.00. The topological polar surface area (TPSA) is 56.9 Å². The number of amidine groups is 1. The molecule has 2 rings (SSSR count). The first-order valence-corrected chi connectivity index (χ1v) is 9.76. The zero-order valence-electron chi connectivity index (χ0n) is 15.4. The van der Waals surface area contributed by atoms with Crippen LogP contribution in [0.4, 0.5) is 11.4 Å². The van der Waals surface area contributed by atoms with Crippen molar-refractivity contribution in [3.8, 4) is 0 Å². The van der Waals surface area contributed by atoms with Crippen molar-refractivity contribution < 1.29 is 0 Å². The van der Waals surface area contributed by atoms with Crippen LogP contribution in [-0.2, 0) is 0 Å². The summed E-state index contributed by atoms with van der Waals surface area (Å²) in [6.45, 7) is 10.9. The third kappa shape index (κ3) is 7.10. The Kier molecular flexibility index (Phi) is 9.72. The summed E-state index contributed by atoms with van der Waals surface area (Å²) in [6, 6.07) is 8.95. The summed E-state index contributed by atoms with van der Waals surface area (Å²) in [4.78, 5) is 9.10. The molecular weight excluding hydrogens is 369 g/mol. The smallest absolute Gasteiger partial charge is 0.199 e. The number of hydrogen-bond acceptors (Lipinski definition) is 4. The standard InChI is InChI=1S/C17H27N5S2.H3P/c1-4-24-16(18)20-17(23)19-14-5-7-15(8-6-14)22-11-9-21(10-12-22)13(2)3;/h5-8,13H,4,9-12H2,1-3H3,(H3,18,19,20,23);1H3. The first-order valence-electron chi connectivity index (χ1n) is 8.36. The largest absolute Gasteiger partial charge is 0.378 e. The van der Waals surface area contributed by atoms with Crippen molar-refractivity contribution in [1.82, 2.24) is 4.90 Å². The van der Waals surface area contributed by atoms with E-state index in [1.54, 1.807) is 0 Å². The Morgan fingerprint density at radius 3 is 2.36 bits per heavy atom. The molecule has 0 radical (unpaired) electrons. The molecule has 1 aliphatic rings. The fraction of sp³-hybridized carbons (Fsp3) is 0.529. The van der Waals surface area contributed by atoms with Crippen LogP contribution in [0.2, 0.25) is 0 Å². The Bertz CT molecular complexity index is 569. The number of thiocarbonyl (C=S) groups is 1. The molecule has 140 valence electrons. The second kappa shape index (κ2) is 11.0. The second-order valence-electron chi connectivity index (χ2n) is 5.98. The molecule has 1 fully saturated rings. The Labute approximate surface area is 164 Å². The van der Waals surface area contributed by atoms with E-state index in [2.05, 4.69) is 46.1 Å². The van der Waals surface area contributed by atoms with E-state index < -0.39 is 0 Å². The molecule has 0 saturated carbocycles. The Morgan fingerprint density at radius 1 is 1.24 bits per heavy atom. The molecule has 0 aliphatic carbocycles. The highest BCUT2D eigenvalue weighted by molar-refractivity contribution is 8.13. The molecular formula is C17H30N5PS2. The van der Waals surface area contributed by atoms with Crippen molar-refractivity contribution in [1.29, 1.82) is 0 Å². The highest BCUT2D eigenvalue weighted by atomic mass is 32.2. The molecule has 1 heterocycles. The molecule has 1 unspecified atom stereocenters. The quantitative estimate of drug-likeness (QED) is 0.351. The van der Waals surface area contributed by atoms with Crippen LogP contribution in [-0.4, -0.2) is 53.2 Å². The van der Waals surface area contributed by atoms with Gasteiger partial charge in [0.2, 0.25) is 0 Å². The Hall–Kier alpha value is -0.880. The van der Waals surface area contributed by atoms with Crippen molar-refractivity contribution in [3.63, 3.8) is 0 Å². The number of hydrogen-bond donors (Lipinski definition) is 2. The summed E-state index contributed by atoms with van der Waals surface area (Å²) in [7, 11) is 0. The fourth-order valence-corrected chi connectivity index (χ4v) is 3.41. The van der Waals surface area contributed by atoms with Crippen LogP contribution >= 0.6 is 33.9 Å². The minimum atomic E-state index is 0. The van der Waals surface area contributed by atoms with Gasteiger partial charge in [0.1, 0.15) is 0 Å². The molecule has 8 heteroatoms. The van der Waals surface area contributed by atoms with Gasteiger partial charge in [-0.2, -0.15) is 14.9 Å². The maximum atomic E-state index is 5.77. The number of thioether (sulfide) groups is 1. The highest BCUT2D eigenvalue weighted by Gasteiger charge is 2.18. The van der Waals surface area contributed by atoms with Gasteiger partial charge in [0.05, 0.1) is 0 Å². The molecule has 1 aromatic carbocycles. The van der Waals surface area contributed by atoms with Crippen LogP contribution in [0.1, 0.15) is 20.8 Å². The number of benzene rings is 1. The zero-order valence-corrected chi connectivity index (χ0v) is 18.4. The third-order valence-corrected chi connectivity index (χ3v) is 4.90. The van der Waals surface area contributed by atoms with Gasteiger partial charge in [-0.1, -0.05) is 18.7 Å². The summed E-state index contributed by atoms with van der Waals surface area (Å²) < 4.78 is 0. The van der Waals surface area contributed by atoms with Gasteiger partial charge in [-0.25, -0.2) is 0 Å². The second-order valence-corrected chi connectivity index (χ2v) is 7.65. The molecule has 0 aromatic heterocycles. The van der Waals surface area contributed by atoms with Gasteiger partial charge in [0, 0.05) is 43.6 Å². The van der Waals surface area contributed by atoms with Crippen molar-refractivity contribution in [3.05, 3.63) is 24.3 Å². The number of aliphatic imine (C=N–C) groups is 1. The van der Waals surface area contributed by atoms with E-state index >= 15 is 0 Å². The Balaban J connectivity index is 0.00000312. The van der Waals surface area contributed by atoms with E-state index in [1.807, 2.05) is 19.1 Å². The summed E-state index contributed by atoms with van der Waals surface area (Å²) in [6.07, 6.45) is 0. The number of rotatable bonds is 4.